The smallest absolute Gasteiger partial charge is 0.350 e. The molecule has 0 unspecified atom stereocenters. The largest absolute Gasteiger partial charge is 0.486 e. The second-order valence-corrected chi connectivity index (χ2v) is 4.50. The average molecular weight is 273 g/mol. The monoisotopic (exact) mass is 273 g/mol. The standard InChI is InChI=1S/C15H15NO4/c1-9-5-4-6-16-12(9)8-19-13-7-10(2)20-15(18)14(13)11(3)17/h4-7H,8H2,1-3H3. The Morgan fingerprint density at radius 3 is 2.80 bits per heavy atom. The highest BCUT2D eigenvalue weighted by Gasteiger charge is 2.16. The van der Waals surface area contributed by atoms with Crippen LogP contribution in [0.5, 0.6) is 5.75 Å². The zero-order valence-corrected chi connectivity index (χ0v) is 11.6. The molecule has 0 aromatic carbocycles. The first kappa shape index (κ1) is 14.0. The van der Waals surface area contributed by atoms with Gasteiger partial charge in [-0.2, -0.15) is 0 Å². The molecule has 5 nitrogen and oxygen atoms in total. The summed E-state index contributed by atoms with van der Waals surface area (Å²) >= 11 is 0. The van der Waals surface area contributed by atoms with Gasteiger partial charge in [-0.3, -0.25) is 9.78 Å². The normalized spacial score (nSPS) is 10.3. The topological polar surface area (TPSA) is 69.4 Å². The summed E-state index contributed by atoms with van der Waals surface area (Å²) < 4.78 is 10.5. The number of pyridine rings is 1. The van der Waals surface area contributed by atoms with Crippen LogP contribution in [-0.2, 0) is 6.61 Å². The van der Waals surface area contributed by atoms with Gasteiger partial charge in [0.15, 0.2) is 5.78 Å². The lowest BCUT2D eigenvalue weighted by molar-refractivity contribution is 0.100. The van der Waals surface area contributed by atoms with Crippen molar-refractivity contribution >= 4 is 5.78 Å². The van der Waals surface area contributed by atoms with Gasteiger partial charge in [-0.15, -0.1) is 0 Å². The van der Waals surface area contributed by atoms with E-state index in [1.54, 1.807) is 13.1 Å². The summed E-state index contributed by atoms with van der Waals surface area (Å²) in [5.41, 5.74) is 0.999. The summed E-state index contributed by atoms with van der Waals surface area (Å²) in [7, 11) is 0. The molecule has 0 saturated carbocycles. The van der Waals surface area contributed by atoms with Crippen molar-refractivity contribution in [3.8, 4) is 5.75 Å². The molecule has 0 saturated heterocycles. The van der Waals surface area contributed by atoms with Gasteiger partial charge >= 0.3 is 5.63 Å². The maximum Gasteiger partial charge on any atom is 0.350 e. The van der Waals surface area contributed by atoms with Crippen LogP contribution in [0.2, 0.25) is 0 Å². The lowest BCUT2D eigenvalue weighted by Gasteiger charge is -2.10. The Bertz CT molecular complexity index is 703. The molecule has 0 atom stereocenters. The van der Waals surface area contributed by atoms with Crippen molar-refractivity contribution in [2.45, 2.75) is 27.4 Å². The third kappa shape index (κ3) is 2.93. The van der Waals surface area contributed by atoms with Crippen LogP contribution >= 0.6 is 0 Å². The van der Waals surface area contributed by atoms with Crippen LogP contribution in [-0.4, -0.2) is 10.8 Å². The van der Waals surface area contributed by atoms with Crippen molar-refractivity contribution in [1.29, 1.82) is 0 Å². The molecule has 0 spiro atoms. The summed E-state index contributed by atoms with van der Waals surface area (Å²) in [6.45, 7) is 5.04. The van der Waals surface area contributed by atoms with E-state index in [4.69, 9.17) is 9.15 Å². The van der Waals surface area contributed by atoms with E-state index in [2.05, 4.69) is 4.98 Å². The van der Waals surface area contributed by atoms with Gasteiger partial charge in [-0.1, -0.05) is 6.07 Å². The number of rotatable bonds is 4. The summed E-state index contributed by atoms with van der Waals surface area (Å²) in [6, 6.07) is 5.29. The van der Waals surface area contributed by atoms with Gasteiger partial charge in [0.1, 0.15) is 23.7 Å². The first-order valence-corrected chi connectivity index (χ1v) is 6.18. The molecule has 0 N–H and O–H groups in total. The fourth-order valence-electron chi connectivity index (χ4n) is 1.83. The molecule has 0 radical (unpaired) electrons. The van der Waals surface area contributed by atoms with Crippen LogP contribution < -0.4 is 10.4 Å². The van der Waals surface area contributed by atoms with Gasteiger partial charge in [0, 0.05) is 12.3 Å². The highest BCUT2D eigenvalue weighted by atomic mass is 16.5. The molecular weight excluding hydrogens is 258 g/mol. The van der Waals surface area contributed by atoms with E-state index in [0.717, 1.165) is 11.3 Å². The van der Waals surface area contributed by atoms with Gasteiger partial charge in [-0.25, -0.2) is 4.79 Å². The van der Waals surface area contributed by atoms with E-state index in [1.807, 2.05) is 19.1 Å². The number of hydrogen-bond donors (Lipinski definition) is 0. The lowest BCUT2D eigenvalue weighted by Crippen LogP contribution is -2.15. The molecule has 5 heteroatoms. The van der Waals surface area contributed by atoms with Crippen molar-refractivity contribution in [1.82, 2.24) is 4.98 Å². The molecule has 2 aromatic rings. The number of hydrogen-bond acceptors (Lipinski definition) is 5. The Morgan fingerprint density at radius 1 is 1.40 bits per heavy atom. The minimum atomic E-state index is -0.676. The van der Waals surface area contributed by atoms with Gasteiger partial charge in [0.25, 0.3) is 0 Å². The summed E-state index contributed by atoms with van der Waals surface area (Å²) in [5, 5.41) is 0. The lowest BCUT2D eigenvalue weighted by atomic mass is 10.2. The third-order valence-electron chi connectivity index (χ3n) is 2.87. The van der Waals surface area contributed by atoms with E-state index in [0.29, 0.717) is 5.76 Å². The molecule has 0 aliphatic rings. The average Bonchev–Trinajstić information content (AvgIpc) is 2.36. The van der Waals surface area contributed by atoms with E-state index >= 15 is 0 Å². The Kier molecular flexibility index (Phi) is 3.98. The maximum absolute atomic E-state index is 11.7. The second-order valence-electron chi connectivity index (χ2n) is 4.50. The molecule has 0 bridgehead atoms. The quantitative estimate of drug-likeness (QED) is 0.800. The molecule has 0 amide bonds. The van der Waals surface area contributed by atoms with Crippen LogP contribution in [0.15, 0.2) is 33.6 Å². The molecule has 0 fully saturated rings. The first-order valence-electron chi connectivity index (χ1n) is 6.18. The van der Waals surface area contributed by atoms with Crippen LogP contribution in [0, 0.1) is 13.8 Å². The van der Waals surface area contributed by atoms with Gasteiger partial charge in [0.05, 0.1) is 5.69 Å². The number of ether oxygens (including phenoxy) is 1. The predicted octanol–water partition coefficient (Wildman–Crippen LogP) is 2.43. The molecule has 2 rings (SSSR count). The molecule has 2 aromatic heterocycles. The number of Topliss-reactive ketones (excluding diaryl/α,β-unsaturated/α-hetero) is 1. The number of aromatic nitrogens is 1. The Balaban J connectivity index is 2.32. The Morgan fingerprint density at radius 2 is 2.15 bits per heavy atom. The summed E-state index contributed by atoms with van der Waals surface area (Å²) in [5.74, 6) is 0.246. The van der Waals surface area contributed by atoms with E-state index in [1.165, 1.54) is 13.0 Å². The van der Waals surface area contributed by atoms with Gasteiger partial charge in [-0.05, 0) is 32.4 Å². The van der Waals surface area contributed by atoms with Crippen LogP contribution in [0.4, 0.5) is 0 Å². The van der Waals surface area contributed by atoms with Crippen molar-refractivity contribution in [2.24, 2.45) is 0 Å². The minimum absolute atomic E-state index is 0.0656. The van der Waals surface area contributed by atoms with Crippen LogP contribution in [0.3, 0.4) is 0 Å². The Labute approximate surface area is 116 Å². The summed E-state index contributed by atoms with van der Waals surface area (Å²) in [4.78, 5) is 27.4. The molecule has 2 heterocycles. The molecular formula is C15H15NO4. The molecule has 104 valence electrons. The number of ketones is 1. The molecule has 0 aliphatic heterocycles. The zero-order valence-electron chi connectivity index (χ0n) is 11.6. The highest BCUT2D eigenvalue weighted by Crippen LogP contribution is 2.19. The van der Waals surface area contributed by atoms with Crippen molar-refractivity contribution in [2.75, 3.05) is 0 Å². The van der Waals surface area contributed by atoms with E-state index in [-0.39, 0.29) is 23.7 Å². The third-order valence-corrected chi connectivity index (χ3v) is 2.87. The first-order chi connectivity index (χ1) is 9.49. The number of nitrogens with zero attached hydrogens (tertiary/aromatic N) is 1. The van der Waals surface area contributed by atoms with Crippen LogP contribution in [0.1, 0.15) is 34.3 Å². The fourth-order valence-corrected chi connectivity index (χ4v) is 1.83. The van der Waals surface area contributed by atoms with Crippen molar-refractivity contribution in [3.63, 3.8) is 0 Å². The Hall–Kier alpha value is -2.43. The molecule has 20 heavy (non-hydrogen) atoms. The molecule has 0 aliphatic carbocycles. The number of aryl methyl sites for hydroxylation is 2. The number of carbonyl (C=O) groups is 1. The van der Waals surface area contributed by atoms with Crippen LogP contribution in [0.25, 0.3) is 0 Å². The minimum Gasteiger partial charge on any atom is -0.486 e. The second kappa shape index (κ2) is 5.69. The summed E-state index contributed by atoms with van der Waals surface area (Å²) in [6.07, 6.45) is 1.67. The van der Waals surface area contributed by atoms with E-state index < -0.39 is 5.63 Å². The maximum atomic E-state index is 11.7. The van der Waals surface area contributed by atoms with E-state index in [9.17, 15) is 9.59 Å². The predicted molar refractivity (Wildman–Crippen MR) is 73.0 cm³/mol. The zero-order chi connectivity index (χ0) is 14.7. The van der Waals surface area contributed by atoms with Gasteiger partial charge in [0.2, 0.25) is 0 Å². The SMILES string of the molecule is CC(=O)c1c(OCc2ncccc2C)cc(C)oc1=O. The van der Waals surface area contributed by atoms with Crippen molar-refractivity contribution < 1.29 is 13.9 Å². The number of carbonyl (C=O) groups excluding carboxylic acids is 1. The van der Waals surface area contributed by atoms with Gasteiger partial charge < -0.3 is 9.15 Å². The highest BCUT2D eigenvalue weighted by molar-refractivity contribution is 5.96. The van der Waals surface area contributed by atoms with Crippen molar-refractivity contribution in [3.05, 3.63) is 57.4 Å². The fraction of sp³-hybridized carbons (Fsp3) is 0.267.